The molecule has 21 heavy (non-hydrogen) atoms. The molecular formula is C16H14ClN3O. The molecule has 0 amide bonds. The summed E-state index contributed by atoms with van der Waals surface area (Å²) in [5.41, 5.74) is 2.63. The fraction of sp³-hybridized carbons (Fsp3) is 0.125. The molecular weight excluding hydrogens is 286 g/mol. The predicted molar refractivity (Wildman–Crippen MR) is 81.7 cm³/mol. The van der Waals surface area contributed by atoms with Gasteiger partial charge in [-0.1, -0.05) is 29.8 Å². The molecule has 3 aromatic rings. The van der Waals surface area contributed by atoms with E-state index >= 15 is 0 Å². The van der Waals surface area contributed by atoms with Crippen LogP contribution in [0.1, 0.15) is 11.4 Å². The van der Waals surface area contributed by atoms with Crippen molar-refractivity contribution in [2.75, 3.05) is 0 Å². The maximum atomic E-state index is 6.13. The number of halogens is 1. The van der Waals surface area contributed by atoms with Gasteiger partial charge in [0.1, 0.15) is 6.26 Å². The van der Waals surface area contributed by atoms with Gasteiger partial charge in [0.25, 0.3) is 0 Å². The van der Waals surface area contributed by atoms with E-state index in [9.17, 15) is 0 Å². The summed E-state index contributed by atoms with van der Waals surface area (Å²) in [5.74, 6) is 0.537. The van der Waals surface area contributed by atoms with E-state index in [1.54, 1.807) is 12.5 Å². The molecule has 0 spiro atoms. The largest absolute Gasteiger partial charge is 0.444 e. The van der Waals surface area contributed by atoms with Crippen molar-refractivity contribution >= 4 is 11.6 Å². The summed E-state index contributed by atoms with van der Waals surface area (Å²) in [7, 11) is 0. The van der Waals surface area contributed by atoms with Crippen LogP contribution in [-0.2, 0) is 13.1 Å². The monoisotopic (exact) mass is 299 g/mol. The van der Waals surface area contributed by atoms with Crippen LogP contribution in [0.4, 0.5) is 0 Å². The fourth-order valence-electron chi connectivity index (χ4n) is 1.97. The van der Waals surface area contributed by atoms with Gasteiger partial charge in [-0.3, -0.25) is 4.98 Å². The Kier molecular flexibility index (Phi) is 4.28. The number of nitrogens with zero attached hydrogens (tertiary/aromatic N) is 2. The zero-order valence-electron chi connectivity index (χ0n) is 11.3. The molecule has 0 saturated heterocycles. The van der Waals surface area contributed by atoms with Gasteiger partial charge in [0.05, 0.1) is 22.0 Å². The van der Waals surface area contributed by atoms with E-state index < -0.39 is 0 Å². The molecule has 106 valence electrons. The van der Waals surface area contributed by atoms with Gasteiger partial charge in [0.2, 0.25) is 5.89 Å². The van der Waals surface area contributed by atoms with Gasteiger partial charge in [-0.2, -0.15) is 0 Å². The number of oxazole rings is 1. The van der Waals surface area contributed by atoms with Crippen LogP contribution in [0.15, 0.2) is 59.3 Å². The Morgan fingerprint density at radius 3 is 2.62 bits per heavy atom. The second-order valence-corrected chi connectivity index (χ2v) is 4.96. The van der Waals surface area contributed by atoms with Gasteiger partial charge in [-0.05, 0) is 24.3 Å². The molecule has 1 N–H and O–H groups in total. The summed E-state index contributed by atoms with van der Waals surface area (Å²) >= 11 is 6.13. The summed E-state index contributed by atoms with van der Waals surface area (Å²) < 4.78 is 5.48. The van der Waals surface area contributed by atoms with Crippen LogP contribution >= 0.6 is 11.6 Å². The van der Waals surface area contributed by atoms with Gasteiger partial charge >= 0.3 is 0 Å². The molecule has 2 aromatic heterocycles. The highest BCUT2D eigenvalue weighted by Gasteiger charge is 2.09. The lowest BCUT2D eigenvalue weighted by Gasteiger charge is -2.01. The Bertz CT molecular complexity index is 712. The van der Waals surface area contributed by atoms with Crippen LogP contribution in [0.25, 0.3) is 11.5 Å². The average molecular weight is 300 g/mol. The van der Waals surface area contributed by atoms with Crippen molar-refractivity contribution in [2.24, 2.45) is 0 Å². The Morgan fingerprint density at radius 1 is 1.00 bits per heavy atom. The van der Waals surface area contributed by atoms with E-state index in [1.165, 1.54) is 0 Å². The highest BCUT2D eigenvalue weighted by molar-refractivity contribution is 6.33. The Labute approximate surface area is 127 Å². The summed E-state index contributed by atoms with van der Waals surface area (Å²) in [6, 6.07) is 13.3. The molecule has 4 nitrogen and oxygen atoms in total. The number of nitrogens with one attached hydrogen (secondary N) is 1. The molecule has 0 radical (unpaired) electrons. The lowest BCUT2D eigenvalue weighted by Crippen LogP contribution is -2.13. The first-order chi connectivity index (χ1) is 10.3. The molecule has 0 aliphatic heterocycles. The molecule has 0 saturated carbocycles. The van der Waals surface area contributed by atoms with Crippen molar-refractivity contribution in [3.8, 4) is 11.5 Å². The molecule has 5 heteroatoms. The smallest absolute Gasteiger partial charge is 0.227 e. The van der Waals surface area contributed by atoms with Crippen LogP contribution in [0, 0.1) is 0 Å². The summed E-state index contributed by atoms with van der Waals surface area (Å²) in [6.45, 7) is 1.31. The Hall–Kier alpha value is -2.17. The number of pyridine rings is 1. The highest BCUT2D eigenvalue weighted by Crippen LogP contribution is 2.26. The molecule has 0 aliphatic rings. The normalized spacial score (nSPS) is 10.7. The van der Waals surface area contributed by atoms with Crippen molar-refractivity contribution in [3.63, 3.8) is 0 Å². The standard InChI is InChI=1S/C16H14ClN3O/c17-15-7-2-1-6-14(15)16-20-13(11-21-16)10-18-9-12-5-3-4-8-19-12/h1-8,11,18H,9-10H2. The summed E-state index contributed by atoms with van der Waals surface area (Å²) in [4.78, 5) is 8.69. The van der Waals surface area contributed by atoms with Crippen LogP contribution in [0.5, 0.6) is 0 Å². The fourth-order valence-corrected chi connectivity index (χ4v) is 2.18. The predicted octanol–water partition coefficient (Wildman–Crippen LogP) is 3.68. The number of benzene rings is 1. The average Bonchev–Trinajstić information content (AvgIpc) is 2.97. The number of hydrogen-bond acceptors (Lipinski definition) is 4. The maximum Gasteiger partial charge on any atom is 0.227 e. The van der Waals surface area contributed by atoms with Gasteiger partial charge in [-0.15, -0.1) is 0 Å². The SMILES string of the molecule is Clc1ccccc1-c1nc(CNCc2ccccn2)co1. The lowest BCUT2D eigenvalue weighted by atomic mass is 10.2. The third-order valence-electron chi connectivity index (χ3n) is 2.99. The van der Waals surface area contributed by atoms with Crippen LogP contribution < -0.4 is 5.32 Å². The first-order valence-corrected chi connectivity index (χ1v) is 7.00. The van der Waals surface area contributed by atoms with Crippen LogP contribution in [0.2, 0.25) is 5.02 Å². The minimum Gasteiger partial charge on any atom is -0.444 e. The quantitative estimate of drug-likeness (QED) is 0.781. The zero-order chi connectivity index (χ0) is 14.5. The van der Waals surface area contributed by atoms with E-state index in [2.05, 4.69) is 15.3 Å². The summed E-state index contributed by atoms with van der Waals surface area (Å²) in [6.07, 6.45) is 3.42. The van der Waals surface area contributed by atoms with Crippen molar-refractivity contribution in [3.05, 3.63) is 71.3 Å². The summed E-state index contributed by atoms with van der Waals surface area (Å²) in [5, 5.41) is 3.91. The highest BCUT2D eigenvalue weighted by atomic mass is 35.5. The molecule has 0 bridgehead atoms. The van der Waals surface area contributed by atoms with Crippen molar-refractivity contribution < 1.29 is 4.42 Å². The molecule has 0 atom stereocenters. The number of aromatic nitrogens is 2. The second kappa shape index (κ2) is 6.52. The van der Waals surface area contributed by atoms with Crippen molar-refractivity contribution in [2.45, 2.75) is 13.1 Å². The van der Waals surface area contributed by atoms with E-state index in [1.807, 2.05) is 42.5 Å². The van der Waals surface area contributed by atoms with E-state index in [4.69, 9.17) is 16.0 Å². The Balaban J connectivity index is 1.62. The zero-order valence-corrected chi connectivity index (χ0v) is 12.0. The van der Waals surface area contributed by atoms with E-state index in [0.29, 0.717) is 24.0 Å². The second-order valence-electron chi connectivity index (χ2n) is 4.55. The molecule has 1 aromatic carbocycles. The van der Waals surface area contributed by atoms with Crippen molar-refractivity contribution in [1.82, 2.24) is 15.3 Å². The molecule has 0 unspecified atom stereocenters. The first-order valence-electron chi connectivity index (χ1n) is 6.63. The van der Waals surface area contributed by atoms with Gasteiger partial charge in [-0.25, -0.2) is 4.98 Å². The molecule has 0 aliphatic carbocycles. The van der Waals surface area contributed by atoms with Gasteiger partial charge in [0, 0.05) is 19.3 Å². The first kappa shape index (κ1) is 13.8. The van der Waals surface area contributed by atoms with Gasteiger partial charge < -0.3 is 9.73 Å². The van der Waals surface area contributed by atoms with E-state index in [-0.39, 0.29) is 0 Å². The number of hydrogen-bond donors (Lipinski definition) is 1. The van der Waals surface area contributed by atoms with E-state index in [0.717, 1.165) is 17.0 Å². The minimum atomic E-state index is 0.537. The third kappa shape index (κ3) is 3.48. The van der Waals surface area contributed by atoms with Crippen molar-refractivity contribution in [1.29, 1.82) is 0 Å². The maximum absolute atomic E-state index is 6.13. The third-order valence-corrected chi connectivity index (χ3v) is 3.32. The lowest BCUT2D eigenvalue weighted by molar-refractivity contribution is 0.569. The minimum absolute atomic E-state index is 0.537. The molecule has 3 rings (SSSR count). The molecule has 0 fully saturated rings. The molecule has 2 heterocycles. The van der Waals surface area contributed by atoms with Crippen LogP contribution in [0.3, 0.4) is 0 Å². The van der Waals surface area contributed by atoms with Crippen LogP contribution in [-0.4, -0.2) is 9.97 Å². The topological polar surface area (TPSA) is 51.0 Å². The Morgan fingerprint density at radius 2 is 1.81 bits per heavy atom. The number of rotatable bonds is 5. The van der Waals surface area contributed by atoms with Gasteiger partial charge in [0.15, 0.2) is 0 Å².